The molecule has 2 saturated carbocycles. The molecule has 0 amide bonds. The fourth-order valence-electron chi connectivity index (χ4n) is 6.44. The van der Waals surface area contributed by atoms with E-state index in [1.165, 1.54) is 0 Å². The van der Waals surface area contributed by atoms with Crippen LogP contribution >= 0.6 is 0 Å². The van der Waals surface area contributed by atoms with E-state index in [1.54, 1.807) is 0 Å². The molecule has 1 aromatic heterocycles. The van der Waals surface area contributed by atoms with E-state index in [2.05, 4.69) is 13.0 Å². The van der Waals surface area contributed by atoms with Crippen molar-refractivity contribution in [1.82, 2.24) is 4.73 Å². The number of allylic oxidation sites excluding steroid dienone is 2. The van der Waals surface area contributed by atoms with E-state index in [0.29, 0.717) is 5.92 Å². The van der Waals surface area contributed by atoms with Crippen molar-refractivity contribution in [3.63, 3.8) is 0 Å². The Morgan fingerprint density at radius 3 is 2.72 bits per heavy atom. The summed E-state index contributed by atoms with van der Waals surface area (Å²) in [5.74, 6) is -0.812. The van der Waals surface area contributed by atoms with Crippen LogP contribution < -0.4 is 5.56 Å². The average molecular weight is 446 g/mol. The molecule has 0 radical (unpaired) electrons. The summed E-state index contributed by atoms with van der Waals surface area (Å²) >= 11 is 0. The molecule has 0 aromatic carbocycles. The Morgan fingerprint density at radius 1 is 1.22 bits per heavy atom. The van der Waals surface area contributed by atoms with Gasteiger partial charge in [-0.3, -0.25) is 9.59 Å². The molecule has 0 bridgehead atoms. The van der Waals surface area contributed by atoms with Crippen LogP contribution in [0.3, 0.4) is 0 Å². The van der Waals surface area contributed by atoms with Crippen molar-refractivity contribution in [1.29, 1.82) is 0 Å². The van der Waals surface area contributed by atoms with Gasteiger partial charge in [0.25, 0.3) is 5.56 Å². The van der Waals surface area contributed by atoms with Gasteiger partial charge >= 0.3 is 0 Å². The van der Waals surface area contributed by atoms with Gasteiger partial charge in [-0.1, -0.05) is 32.4 Å². The number of ether oxygens (including phenoxy) is 1. The lowest BCUT2D eigenvalue weighted by Gasteiger charge is -2.42. The third kappa shape index (κ3) is 3.15. The smallest absolute Gasteiger partial charge is 0.297 e. The number of hydrogen-bond acceptors (Lipinski definition) is 7. The number of epoxide rings is 1. The summed E-state index contributed by atoms with van der Waals surface area (Å²) in [7, 11) is 0. The van der Waals surface area contributed by atoms with Crippen molar-refractivity contribution in [2.24, 2.45) is 29.6 Å². The minimum Gasteiger partial charge on any atom is -0.507 e. The maximum absolute atomic E-state index is 13.8. The first-order valence-electron chi connectivity index (χ1n) is 11.6. The second-order valence-corrected chi connectivity index (χ2v) is 10.3. The second kappa shape index (κ2) is 7.43. The fourth-order valence-corrected chi connectivity index (χ4v) is 6.44. The number of aromatic nitrogens is 1. The molecule has 4 aliphatic rings. The van der Waals surface area contributed by atoms with Crippen LogP contribution in [0, 0.1) is 29.6 Å². The summed E-state index contributed by atoms with van der Waals surface area (Å²) in [6, 6.07) is 0. The fraction of sp³-hybridized carbons (Fsp3) is 0.667. The van der Waals surface area contributed by atoms with Crippen LogP contribution in [0.25, 0.3) is 0 Å². The van der Waals surface area contributed by atoms with E-state index in [1.807, 2.05) is 13.0 Å². The van der Waals surface area contributed by atoms with Crippen molar-refractivity contribution in [3.05, 3.63) is 39.8 Å². The Bertz CT molecular complexity index is 1030. The molecule has 4 N–H and O–H groups in total. The van der Waals surface area contributed by atoms with Gasteiger partial charge in [0.15, 0.2) is 5.78 Å². The van der Waals surface area contributed by atoms with Gasteiger partial charge in [-0.05, 0) is 49.4 Å². The molecule has 3 aliphatic carbocycles. The van der Waals surface area contributed by atoms with Crippen LogP contribution in [-0.2, 0) is 10.3 Å². The maximum Gasteiger partial charge on any atom is 0.297 e. The van der Waals surface area contributed by atoms with Crippen LogP contribution in [0.4, 0.5) is 0 Å². The number of Topliss-reactive ketones (excluding diaryl/α,β-unsaturated/α-hetero) is 1. The predicted octanol–water partition coefficient (Wildman–Crippen LogP) is 1.96. The summed E-state index contributed by atoms with van der Waals surface area (Å²) in [5.41, 5.74) is -3.30. The van der Waals surface area contributed by atoms with Gasteiger partial charge in [-0.15, -0.1) is 0 Å². The highest BCUT2D eigenvalue weighted by atomic mass is 16.6. The molecule has 8 heteroatoms. The van der Waals surface area contributed by atoms with E-state index < -0.39 is 52.5 Å². The lowest BCUT2D eigenvalue weighted by Crippen LogP contribution is -2.44. The number of hydrogen-bond donors (Lipinski definition) is 4. The molecule has 5 rings (SSSR count). The molecule has 1 saturated heterocycles. The first-order chi connectivity index (χ1) is 15.1. The van der Waals surface area contributed by atoms with E-state index in [4.69, 9.17) is 4.74 Å². The predicted molar refractivity (Wildman–Crippen MR) is 113 cm³/mol. The van der Waals surface area contributed by atoms with E-state index in [9.17, 15) is 30.1 Å². The zero-order valence-corrected chi connectivity index (χ0v) is 18.3. The molecule has 2 heterocycles. The Balaban J connectivity index is 1.56. The summed E-state index contributed by atoms with van der Waals surface area (Å²) in [5, 5.41) is 42.7. The zero-order chi connectivity index (χ0) is 22.9. The van der Waals surface area contributed by atoms with Crippen molar-refractivity contribution in [3.8, 4) is 5.75 Å². The molecule has 3 fully saturated rings. The zero-order valence-electron chi connectivity index (χ0n) is 18.3. The number of rotatable bonds is 3. The minimum atomic E-state index is -1.71. The molecular weight excluding hydrogens is 414 g/mol. The van der Waals surface area contributed by atoms with Gasteiger partial charge < -0.3 is 25.3 Å². The molecule has 8 nitrogen and oxygen atoms in total. The number of carbonyl (C=O) groups excluding carboxylic acids is 1. The molecule has 9 atom stereocenters. The average Bonchev–Trinajstić information content (AvgIpc) is 3.56. The Kier molecular flexibility index (Phi) is 5.03. The summed E-state index contributed by atoms with van der Waals surface area (Å²) in [6.45, 7) is 4.14. The number of aliphatic hydroxyl groups excluding tert-OH is 1. The van der Waals surface area contributed by atoms with Crippen LogP contribution in [0.2, 0.25) is 0 Å². The monoisotopic (exact) mass is 445 g/mol. The minimum absolute atomic E-state index is 0.0670. The van der Waals surface area contributed by atoms with Gasteiger partial charge in [-0.25, -0.2) is 0 Å². The number of aromatic hydroxyl groups is 1. The van der Waals surface area contributed by atoms with Crippen molar-refractivity contribution in [2.75, 3.05) is 0 Å². The highest BCUT2D eigenvalue weighted by Gasteiger charge is 2.62. The van der Waals surface area contributed by atoms with Crippen LogP contribution in [0.1, 0.15) is 61.9 Å². The van der Waals surface area contributed by atoms with Crippen LogP contribution in [-0.4, -0.2) is 49.4 Å². The first-order valence-corrected chi connectivity index (χ1v) is 11.6. The van der Waals surface area contributed by atoms with Gasteiger partial charge in [0.05, 0.1) is 12.3 Å². The van der Waals surface area contributed by atoms with E-state index in [-0.39, 0.29) is 40.9 Å². The Morgan fingerprint density at radius 2 is 1.97 bits per heavy atom. The molecule has 32 heavy (non-hydrogen) atoms. The van der Waals surface area contributed by atoms with Gasteiger partial charge in [0, 0.05) is 11.5 Å². The maximum atomic E-state index is 13.8. The standard InChI is InChI=1S/C24H31NO7/c1-11-3-6-14-13(9-11)5-4-12(2)17(14)20(28)18-19(27)15(10-25(31)23(18)29)24(30)8-7-16(26)21-22(24)32-21/h4-5,10-14,16-17,21-22,26-27,30-31H,3,6-9H2,1-2H3/t11-,12+,13+,14+,16+,17+,21+,22+,24-/m1/s1. The van der Waals surface area contributed by atoms with E-state index in [0.717, 1.165) is 25.5 Å². The highest BCUT2D eigenvalue weighted by Crippen LogP contribution is 2.52. The third-order valence-corrected chi connectivity index (χ3v) is 8.28. The van der Waals surface area contributed by atoms with Gasteiger partial charge in [0.2, 0.25) is 0 Å². The van der Waals surface area contributed by atoms with Crippen molar-refractivity contribution < 1.29 is 30.1 Å². The molecule has 1 aromatic rings. The second-order valence-electron chi connectivity index (χ2n) is 10.3. The number of pyridine rings is 1. The van der Waals surface area contributed by atoms with Gasteiger partial charge in [0.1, 0.15) is 29.1 Å². The topological polar surface area (TPSA) is 133 Å². The lowest BCUT2D eigenvalue weighted by atomic mass is 9.61. The Hall–Kier alpha value is -2.16. The van der Waals surface area contributed by atoms with E-state index >= 15 is 0 Å². The van der Waals surface area contributed by atoms with Gasteiger partial charge in [-0.2, -0.15) is 4.73 Å². The van der Waals surface area contributed by atoms with Crippen LogP contribution in [0.15, 0.2) is 23.1 Å². The number of carbonyl (C=O) groups is 1. The van der Waals surface area contributed by atoms with Crippen LogP contribution in [0.5, 0.6) is 5.75 Å². The first kappa shape index (κ1) is 21.7. The molecule has 1 aliphatic heterocycles. The number of aliphatic hydroxyl groups is 2. The lowest BCUT2D eigenvalue weighted by molar-refractivity contribution is -0.0246. The SMILES string of the molecule is C[C@@H]1CC[C@@H]2[C@@H](C(=O)c3c(O)c([C@]4(O)CC[C@H](O)[C@@H]5O[C@@H]54)cn(O)c3=O)[C@@H](C)C=C[C@H]2C1. The Labute approximate surface area is 186 Å². The quantitative estimate of drug-likeness (QED) is 0.242. The largest absolute Gasteiger partial charge is 0.507 e. The summed E-state index contributed by atoms with van der Waals surface area (Å²) < 4.78 is 5.70. The molecule has 174 valence electrons. The third-order valence-electron chi connectivity index (χ3n) is 8.28. The number of nitrogens with zero attached hydrogens (tertiary/aromatic N) is 1. The van der Waals surface area contributed by atoms with Crippen molar-refractivity contribution in [2.45, 2.75) is 69.9 Å². The molecule has 0 spiro atoms. The highest BCUT2D eigenvalue weighted by molar-refractivity contribution is 6.01. The molecular formula is C24H31NO7. The normalized spacial score (nSPS) is 42.8. The number of ketones is 1. The molecule has 0 unspecified atom stereocenters. The summed E-state index contributed by atoms with van der Waals surface area (Å²) in [6.07, 6.45) is 6.25. The van der Waals surface area contributed by atoms with Crippen molar-refractivity contribution >= 4 is 5.78 Å². The summed E-state index contributed by atoms with van der Waals surface area (Å²) in [4.78, 5) is 26.6. The number of fused-ring (bicyclic) bond motifs is 2.